The Morgan fingerprint density at radius 3 is 2.26 bits per heavy atom. The zero-order valence-corrected chi connectivity index (χ0v) is 18.6. The Morgan fingerprint density at radius 1 is 0.971 bits per heavy atom. The minimum absolute atomic E-state index is 0.00495. The van der Waals surface area contributed by atoms with Crippen LogP contribution in [-0.2, 0) is 11.0 Å². The third-order valence-electron chi connectivity index (χ3n) is 6.56. The molecule has 2 fully saturated rings. The molecule has 2 aliphatic rings. The van der Waals surface area contributed by atoms with Gasteiger partial charge in [-0.1, -0.05) is 6.07 Å². The maximum atomic E-state index is 12.8. The molecule has 2 heterocycles. The van der Waals surface area contributed by atoms with Crippen LogP contribution in [0.4, 0.5) is 13.2 Å². The number of nitrogens with one attached hydrogen (secondary N) is 2. The number of pyridine rings is 1. The molecular formula is C24H27F3N4O3. The lowest BCUT2D eigenvalue weighted by Crippen LogP contribution is -2.63. The van der Waals surface area contributed by atoms with Gasteiger partial charge in [0.25, 0.3) is 5.91 Å². The number of hydrogen-bond donors (Lipinski definition) is 2. The minimum atomic E-state index is -4.54. The van der Waals surface area contributed by atoms with Crippen LogP contribution in [0.5, 0.6) is 0 Å². The van der Waals surface area contributed by atoms with Gasteiger partial charge in [-0.15, -0.1) is 0 Å². The van der Waals surface area contributed by atoms with Gasteiger partial charge in [0.1, 0.15) is 0 Å². The largest absolute Gasteiger partial charge is 0.416 e. The average molecular weight is 476 g/mol. The molecule has 7 nitrogen and oxygen atoms in total. The van der Waals surface area contributed by atoms with Crippen LogP contribution in [0.1, 0.15) is 47.6 Å². The lowest BCUT2D eigenvalue weighted by molar-refractivity contribution is -0.137. The van der Waals surface area contributed by atoms with E-state index in [1.165, 1.54) is 6.07 Å². The summed E-state index contributed by atoms with van der Waals surface area (Å²) < 4.78 is 40.5. The van der Waals surface area contributed by atoms with E-state index in [4.69, 9.17) is 0 Å². The van der Waals surface area contributed by atoms with Gasteiger partial charge >= 0.3 is 6.18 Å². The summed E-state index contributed by atoms with van der Waals surface area (Å²) in [5, 5.41) is 5.23. The quantitative estimate of drug-likeness (QED) is 0.672. The number of carbonyl (C=O) groups excluding carboxylic acids is 2. The summed E-state index contributed by atoms with van der Waals surface area (Å²) in [6.45, 7) is 1.18. The molecule has 1 saturated heterocycles. The number of amides is 2. The van der Waals surface area contributed by atoms with Gasteiger partial charge in [0.05, 0.1) is 18.2 Å². The first-order chi connectivity index (χ1) is 16.2. The molecule has 2 aromatic rings. The highest BCUT2D eigenvalue weighted by Gasteiger charge is 2.35. The summed E-state index contributed by atoms with van der Waals surface area (Å²) in [6, 6.07) is 8.11. The fourth-order valence-electron chi connectivity index (χ4n) is 4.67. The predicted octanol–water partition coefficient (Wildman–Crippen LogP) is 2.58. The highest BCUT2D eigenvalue weighted by atomic mass is 19.4. The van der Waals surface area contributed by atoms with Crippen molar-refractivity contribution < 1.29 is 22.8 Å². The maximum absolute atomic E-state index is 12.8. The SMILES string of the molecule is O=C(CNC(=O)c1cccc(C(F)(F)F)c1)NC1CN(C2CCC(n3ccc(=O)cc3)CC2)C1. The summed E-state index contributed by atoms with van der Waals surface area (Å²) in [4.78, 5) is 37.9. The highest BCUT2D eigenvalue weighted by molar-refractivity contribution is 5.96. The van der Waals surface area contributed by atoms with Crippen molar-refractivity contribution >= 4 is 11.8 Å². The Kier molecular flexibility index (Phi) is 7.06. The maximum Gasteiger partial charge on any atom is 0.416 e. The number of halogens is 3. The van der Waals surface area contributed by atoms with Crippen molar-refractivity contribution in [3.8, 4) is 0 Å². The molecule has 0 spiro atoms. The third kappa shape index (κ3) is 5.85. The van der Waals surface area contributed by atoms with Crippen molar-refractivity contribution in [1.29, 1.82) is 0 Å². The smallest absolute Gasteiger partial charge is 0.351 e. The Bertz CT molecular complexity index is 1070. The van der Waals surface area contributed by atoms with Crippen LogP contribution in [-0.4, -0.2) is 53.0 Å². The number of rotatable bonds is 6. The molecule has 10 heteroatoms. The van der Waals surface area contributed by atoms with Gasteiger partial charge in [-0.2, -0.15) is 13.2 Å². The van der Waals surface area contributed by atoms with E-state index < -0.39 is 17.6 Å². The Hall–Kier alpha value is -3.14. The molecule has 0 bridgehead atoms. The number of hydrogen-bond acceptors (Lipinski definition) is 4. The van der Waals surface area contributed by atoms with Crippen molar-refractivity contribution in [3.63, 3.8) is 0 Å². The monoisotopic (exact) mass is 476 g/mol. The van der Waals surface area contributed by atoms with E-state index in [2.05, 4.69) is 20.1 Å². The number of nitrogens with zero attached hydrogens (tertiary/aromatic N) is 2. The molecule has 4 rings (SSSR count). The fourth-order valence-corrected chi connectivity index (χ4v) is 4.67. The van der Waals surface area contributed by atoms with Crippen LogP contribution < -0.4 is 16.1 Å². The van der Waals surface area contributed by atoms with Gasteiger partial charge in [0.15, 0.2) is 5.43 Å². The Labute approximate surface area is 194 Å². The van der Waals surface area contributed by atoms with E-state index in [1.54, 1.807) is 12.1 Å². The number of likely N-dealkylation sites (tertiary alicyclic amines) is 1. The first-order valence-electron chi connectivity index (χ1n) is 11.4. The van der Waals surface area contributed by atoms with Crippen molar-refractivity contribution in [2.24, 2.45) is 0 Å². The lowest BCUT2D eigenvalue weighted by Gasteiger charge is -2.47. The zero-order valence-electron chi connectivity index (χ0n) is 18.6. The molecule has 1 aromatic heterocycles. The average Bonchev–Trinajstić information content (AvgIpc) is 2.80. The van der Waals surface area contributed by atoms with Crippen molar-refractivity contribution in [3.05, 3.63) is 70.1 Å². The molecule has 0 unspecified atom stereocenters. The number of carbonyl (C=O) groups is 2. The molecule has 0 atom stereocenters. The predicted molar refractivity (Wildman–Crippen MR) is 119 cm³/mol. The molecule has 2 amide bonds. The second-order valence-corrected chi connectivity index (χ2v) is 8.92. The molecular weight excluding hydrogens is 449 g/mol. The molecule has 1 aromatic carbocycles. The van der Waals surface area contributed by atoms with Crippen LogP contribution in [0.25, 0.3) is 0 Å². The second-order valence-electron chi connectivity index (χ2n) is 8.92. The normalized spacial score (nSPS) is 21.5. The zero-order chi connectivity index (χ0) is 24.3. The van der Waals surface area contributed by atoms with E-state index in [1.807, 2.05) is 12.4 Å². The first kappa shape index (κ1) is 24.0. The van der Waals surface area contributed by atoms with E-state index in [-0.39, 0.29) is 29.5 Å². The third-order valence-corrected chi connectivity index (χ3v) is 6.56. The van der Waals surface area contributed by atoms with Crippen LogP contribution in [0, 0.1) is 0 Å². The van der Waals surface area contributed by atoms with E-state index in [9.17, 15) is 27.6 Å². The van der Waals surface area contributed by atoms with Gasteiger partial charge in [-0.3, -0.25) is 19.3 Å². The summed E-state index contributed by atoms with van der Waals surface area (Å²) >= 11 is 0. The number of aromatic nitrogens is 1. The van der Waals surface area contributed by atoms with Crippen molar-refractivity contribution in [1.82, 2.24) is 20.1 Å². The number of benzene rings is 1. The molecule has 0 radical (unpaired) electrons. The van der Waals surface area contributed by atoms with Crippen LogP contribution in [0.3, 0.4) is 0 Å². The summed E-state index contributed by atoms with van der Waals surface area (Å²) in [7, 11) is 0. The standard InChI is InChI=1S/C24H27F3N4O3/c25-24(26,27)17-3-1-2-16(12-17)23(34)28-13-22(33)29-18-14-31(15-18)20-6-4-19(5-7-20)30-10-8-21(32)9-11-30/h1-3,8-12,18-20H,4-7,13-15H2,(H,28,34)(H,29,33). The molecule has 1 aliphatic heterocycles. The summed E-state index contributed by atoms with van der Waals surface area (Å²) in [5.41, 5.74) is -1.05. The minimum Gasteiger partial charge on any atom is -0.351 e. The van der Waals surface area contributed by atoms with Gasteiger partial charge in [0, 0.05) is 55.3 Å². The van der Waals surface area contributed by atoms with Gasteiger partial charge in [-0.05, 0) is 43.9 Å². The van der Waals surface area contributed by atoms with E-state index >= 15 is 0 Å². The topological polar surface area (TPSA) is 83.4 Å². The van der Waals surface area contributed by atoms with Crippen molar-refractivity contribution in [2.45, 2.75) is 50.0 Å². The highest BCUT2D eigenvalue weighted by Crippen LogP contribution is 2.32. The molecule has 1 aliphatic carbocycles. The molecule has 182 valence electrons. The van der Waals surface area contributed by atoms with Gasteiger partial charge in [0.2, 0.25) is 5.91 Å². The second kappa shape index (κ2) is 10.0. The van der Waals surface area contributed by atoms with Crippen LogP contribution >= 0.6 is 0 Å². The fraction of sp³-hybridized carbons (Fsp3) is 0.458. The van der Waals surface area contributed by atoms with Crippen LogP contribution in [0.15, 0.2) is 53.6 Å². The van der Waals surface area contributed by atoms with Crippen molar-refractivity contribution in [2.75, 3.05) is 19.6 Å². The molecule has 34 heavy (non-hydrogen) atoms. The van der Waals surface area contributed by atoms with Crippen LogP contribution in [0.2, 0.25) is 0 Å². The first-order valence-corrected chi connectivity index (χ1v) is 11.4. The molecule has 2 N–H and O–H groups in total. The van der Waals surface area contributed by atoms with E-state index in [0.717, 1.165) is 57.0 Å². The van der Waals surface area contributed by atoms with E-state index in [0.29, 0.717) is 12.1 Å². The van der Waals surface area contributed by atoms with Gasteiger partial charge in [-0.25, -0.2) is 0 Å². The summed E-state index contributed by atoms with van der Waals surface area (Å²) in [5.74, 6) is -1.09. The Morgan fingerprint density at radius 2 is 1.62 bits per heavy atom. The Balaban J connectivity index is 1.16. The van der Waals surface area contributed by atoms with Gasteiger partial charge < -0.3 is 15.2 Å². The number of alkyl halides is 3. The molecule has 1 saturated carbocycles. The lowest BCUT2D eigenvalue weighted by atomic mass is 9.88. The summed E-state index contributed by atoms with van der Waals surface area (Å²) in [6.07, 6.45) is 3.30.